The monoisotopic (exact) mass is 404 g/mol. The van der Waals surface area contributed by atoms with Gasteiger partial charge in [-0.05, 0) is 25.3 Å². The van der Waals surface area contributed by atoms with E-state index in [1.54, 1.807) is 43.1 Å². The van der Waals surface area contributed by atoms with Gasteiger partial charge in [-0.3, -0.25) is 4.68 Å². The van der Waals surface area contributed by atoms with E-state index in [9.17, 15) is 16.8 Å². The molecular formula is C14H20N4O4S3. The highest BCUT2D eigenvalue weighted by Gasteiger charge is 2.36. The predicted octanol–water partition coefficient (Wildman–Crippen LogP) is 0.794. The molecule has 11 heteroatoms. The lowest BCUT2D eigenvalue weighted by atomic mass is 10.4. The fraction of sp³-hybridized carbons (Fsp3) is 0.500. The second-order valence-electron chi connectivity index (χ2n) is 5.86. The molecule has 138 valence electrons. The number of rotatable bonds is 4. The van der Waals surface area contributed by atoms with E-state index in [-0.39, 0.29) is 35.3 Å². The minimum atomic E-state index is -3.69. The van der Waals surface area contributed by atoms with Gasteiger partial charge >= 0.3 is 0 Å². The maximum absolute atomic E-state index is 12.9. The summed E-state index contributed by atoms with van der Waals surface area (Å²) in [6, 6.07) is 3.25. The Labute approximate surface area is 151 Å². The second kappa shape index (κ2) is 6.47. The van der Waals surface area contributed by atoms with E-state index in [1.165, 1.54) is 8.61 Å². The van der Waals surface area contributed by atoms with Crippen LogP contribution in [-0.2, 0) is 27.1 Å². The van der Waals surface area contributed by atoms with E-state index in [0.29, 0.717) is 11.4 Å². The lowest BCUT2D eigenvalue weighted by Gasteiger charge is -2.33. The molecule has 1 aliphatic heterocycles. The van der Waals surface area contributed by atoms with Crippen molar-refractivity contribution in [1.82, 2.24) is 18.4 Å². The van der Waals surface area contributed by atoms with Gasteiger partial charge in [0.15, 0.2) is 0 Å². The molecule has 0 aromatic carbocycles. The quantitative estimate of drug-likeness (QED) is 0.751. The maximum Gasteiger partial charge on any atom is 0.252 e. The first-order valence-corrected chi connectivity index (χ1v) is 11.5. The summed E-state index contributed by atoms with van der Waals surface area (Å²) >= 11 is 1.16. The van der Waals surface area contributed by atoms with Crippen LogP contribution in [0.5, 0.6) is 0 Å². The summed E-state index contributed by atoms with van der Waals surface area (Å²) in [6.07, 6.45) is 0. The average Bonchev–Trinajstić information content (AvgIpc) is 3.17. The summed E-state index contributed by atoms with van der Waals surface area (Å²) in [5, 5.41) is 5.88. The molecule has 0 saturated carbocycles. The van der Waals surface area contributed by atoms with Crippen molar-refractivity contribution in [1.29, 1.82) is 0 Å². The van der Waals surface area contributed by atoms with Crippen molar-refractivity contribution in [3.63, 3.8) is 0 Å². The summed E-state index contributed by atoms with van der Waals surface area (Å²) in [5.41, 5.74) is 1.03. The summed E-state index contributed by atoms with van der Waals surface area (Å²) in [4.78, 5) is 0.213. The largest absolute Gasteiger partial charge is 0.271 e. The van der Waals surface area contributed by atoms with Crippen LogP contribution in [-0.4, -0.2) is 61.4 Å². The Morgan fingerprint density at radius 2 is 1.56 bits per heavy atom. The number of aryl methyl sites for hydroxylation is 2. The topological polar surface area (TPSA) is 92.6 Å². The molecule has 25 heavy (non-hydrogen) atoms. The number of sulfonamides is 2. The van der Waals surface area contributed by atoms with Crippen LogP contribution in [0.4, 0.5) is 0 Å². The van der Waals surface area contributed by atoms with Crippen LogP contribution in [0.2, 0.25) is 0 Å². The number of nitrogens with zero attached hydrogens (tertiary/aromatic N) is 4. The number of aromatic nitrogens is 2. The van der Waals surface area contributed by atoms with Crippen LogP contribution in [0.15, 0.2) is 26.6 Å². The fourth-order valence-electron chi connectivity index (χ4n) is 2.94. The van der Waals surface area contributed by atoms with Gasteiger partial charge in [0.05, 0.1) is 11.4 Å². The van der Waals surface area contributed by atoms with Crippen LogP contribution < -0.4 is 0 Å². The van der Waals surface area contributed by atoms with Crippen LogP contribution in [0, 0.1) is 13.8 Å². The molecular weight excluding hydrogens is 384 g/mol. The zero-order valence-electron chi connectivity index (χ0n) is 14.2. The number of hydrogen-bond donors (Lipinski definition) is 0. The first kappa shape index (κ1) is 18.5. The van der Waals surface area contributed by atoms with Gasteiger partial charge < -0.3 is 0 Å². The van der Waals surface area contributed by atoms with E-state index in [0.717, 1.165) is 11.3 Å². The van der Waals surface area contributed by atoms with Crippen LogP contribution in [0.25, 0.3) is 0 Å². The lowest BCUT2D eigenvalue weighted by molar-refractivity contribution is 0.273. The van der Waals surface area contributed by atoms with E-state index >= 15 is 0 Å². The summed E-state index contributed by atoms with van der Waals surface area (Å²) in [6.45, 7) is 3.90. The van der Waals surface area contributed by atoms with Crippen molar-refractivity contribution in [2.24, 2.45) is 7.05 Å². The van der Waals surface area contributed by atoms with Crippen LogP contribution in [0.1, 0.15) is 11.4 Å². The van der Waals surface area contributed by atoms with E-state index in [1.807, 2.05) is 0 Å². The van der Waals surface area contributed by atoms with Gasteiger partial charge in [-0.25, -0.2) is 16.8 Å². The Bertz CT molecular complexity index is 970. The van der Waals surface area contributed by atoms with Crippen molar-refractivity contribution in [2.45, 2.75) is 23.0 Å². The molecule has 1 fully saturated rings. The molecule has 0 amide bonds. The Balaban J connectivity index is 1.80. The highest BCUT2D eigenvalue weighted by molar-refractivity contribution is 7.91. The van der Waals surface area contributed by atoms with E-state index in [4.69, 9.17) is 0 Å². The Kier molecular flexibility index (Phi) is 4.79. The molecule has 0 atom stereocenters. The molecule has 0 N–H and O–H groups in total. The van der Waals surface area contributed by atoms with E-state index < -0.39 is 20.0 Å². The highest BCUT2D eigenvalue weighted by atomic mass is 32.2. The molecule has 8 nitrogen and oxygen atoms in total. The number of piperazine rings is 1. The third-order valence-corrected chi connectivity index (χ3v) is 9.75. The second-order valence-corrected chi connectivity index (χ2v) is 10.9. The molecule has 0 bridgehead atoms. The molecule has 0 aliphatic carbocycles. The van der Waals surface area contributed by atoms with Crippen LogP contribution in [0.3, 0.4) is 0 Å². The van der Waals surface area contributed by atoms with Gasteiger partial charge in [0.25, 0.3) is 10.0 Å². The normalized spacial score (nSPS) is 17.9. The Morgan fingerprint density at radius 3 is 2.00 bits per heavy atom. The van der Waals surface area contributed by atoms with Crippen molar-refractivity contribution in [3.05, 3.63) is 28.9 Å². The molecule has 2 aromatic heterocycles. The standard InChI is InChI=1S/C14H20N4O4S3/c1-11-14(12(2)16(3)15-11)25(21,22)18-8-6-17(7-9-18)24(19,20)13-5-4-10-23-13/h4-5,10H,6-9H2,1-3H3. The van der Waals surface area contributed by atoms with E-state index in [2.05, 4.69) is 5.10 Å². The zero-order chi connectivity index (χ0) is 18.4. The SMILES string of the molecule is Cc1nn(C)c(C)c1S(=O)(=O)N1CCN(S(=O)(=O)c2cccs2)CC1. The number of hydrogen-bond acceptors (Lipinski definition) is 6. The van der Waals surface area contributed by atoms with Gasteiger partial charge in [0.2, 0.25) is 10.0 Å². The molecule has 0 spiro atoms. The van der Waals surface area contributed by atoms with Crippen molar-refractivity contribution >= 4 is 31.4 Å². The first-order valence-electron chi connectivity index (χ1n) is 7.69. The van der Waals surface area contributed by atoms with Gasteiger partial charge in [-0.2, -0.15) is 13.7 Å². The molecule has 1 saturated heterocycles. The third-order valence-electron chi connectivity index (χ3n) is 4.33. The van der Waals surface area contributed by atoms with Crippen molar-refractivity contribution in [2.75, 3.05) is 26.2 Å². The van der Waals surface area contributed by atoms with Crippen LogP contribution >= 0.6 is 11.3 Å². The minimum absolute atomic E-state index is 0.126. The maximum atomic E-state index is 12.9. The molecule has 1 aliphatic rings. The molecule has 0 unspecified atom stereocenters. The lowest BCUT2D eigenvalue weighted by Crippen LogP contribution is -2.50. The fourth-order valence-corrected chi connectivity index (χ4v) is 7.33. The summed E-state index contributed by atoms with van der Waals surface area (Å²) < 4.78 is 55.5. The number of thiophene rings is 1. The molecule has 3 heterocycles. The molecule has 0 radical (unpaired) electrons. The Morgan fingerprint density at radius 1 is 1.00 bits per heavy atom. The Hall–Kier alpha value is -1.27. The first-order chi connectivity index (χ1) is 11.7. The van der Waals surface area contributed by atoms with Crippen molar-refractivity contribution < 1.29 is 16.8 Å². The predicted molar refractivity (Wildman–Crippen MR) is 94.5 cm³/mol. The third kappa shape index (κ3) is 3.14. The van der Waals surface area contributed by atoms with Crippen molar-refractivity contribution in [3.8, 4) is 0 Å². The molecule has 3 rings (SSSR count). The van der Waals surface area contributed by atoms with Gasteiger partial charge in [-0.15, -0.1) is 11.3 Å². The van der Waals surface area contributed by atoms with Gasteiger partial charge in [0, 0.05) is 33.2 Å². The zero-order valence-corrected chi connectivity index (χ0v) is 16.7. The van der Waals surface area contributed by atoms with Gasteiger partial charge in [-0.1, -0.05) is 6.07 Å². The minimum Gasteiger partial charge on any atom is -0.271 e. The smallest absolute Gasteiger partial charge is 0.252 e. The van der Waals surface area contributed by atoms with Gasteiger partial charge in [0.1, 0.15) is 9.10 Å². The summed E-state index contributed by atoms with van der Waals surface area (Å²) in [5.74, 6) is 0. The summed E-state index contributed by atoms with van der Waals surface area (Å²) in [7, 11) is -5.54. The molecule has 2 aromatic rings. The average molecular weight is 405 g/mol. The highest BCUT2D eigenvalue weighted by Crippen LogP contribution is 2.26.